The van der Waals surface area contributed by atoms with Gasteiger partial charge in [0.25, 0.3) is 3.91 Å². The largest absolute Gasteiger partial charge is 0.390 e. The second-order valence-electron chi connectivity index (χ2n) is 4.59. The Morgan fingerprint density at radius 3 is 2.80 bits per heavy atom. The Bertz CT molecular complexity index is 548. The number of aromatic amines is 1. The molecule has 6 nitrogen and oxygen atoms in total. The molecule has 0 atom stereocenters. The van der Waals surface area contributed by atoms with Crippen LogP contribution in [0.25, 0.3) is 0 Å². The summed E-state index contributed by atoms with van der Waals surface area (Å²) in [5, 5.41) is 7.79. The van der Waals surface area contributed by atoms with E-state index in [4.69, 9.17) is 11.1 Å². The van der Waals surface area contributed by atoms with Gasteiger partial charge in [0.05, 0.1) is 12.0 Å². The highest BCUT2D eigenvalue weighted by Gasteiger charge is 2.24. The first-order chi connectivity index (χ1) is 9.52. The van der Waals surface area contributed by atoms with Crippen LogP contribution in [-0.4, -0.2) is 39.1 Å². The fraction of sp³-hybridized carbons (Fsp3) is 0.417. The molecule has 1 aromatic rings. The Morgan fingerprint density at radius 2 is 2.25 bits per heavy atom. The minimum absolute atomic E-state index is 0.102. The third-order valence-corrected chi connectivity index (χ3v) is 4.72. The van der Waals surface area contributed by atoms with Crippen LogP contribution in [0.5, 0.6) is 0 Å². The van der Waals surface area contributed by atoms with Gasteiger partial charge in [0.1, 0.15) is 0 Å². The molecule has 8 heteroatoms. The highest BCUT2D eigenvalue weighted by Crippen LogP contribution is 2.31. The van der Waals surface area contributed by atoms with Crippen molar-refractivity contribution in [1.29, 1.82) is 5.41 Å². The summed E-state index contributed by atoms with van der Waals surface area (Å²) in [7, 11) is 0. The second-order valence-corrected chi connectivity index (χ2v) is 6.37. The quantitative estimate of drug-likeness (QED) is 0.212. The number of piperidine rings is 1. The van der Waals surface area contributed by atoms with Crippen molar-refractivity contribution in [2.24, 2.45) is 10.7 Å². The Labute approximate surface area is 139 Å². The molecule has 0 aliphatic carbocycles. The van der Waals surface area contributed by atoms with Crippen LogP contribution in [-0.2, 0) is 0 Å². The number of H-pyrrole nitrogens is 1. The van der Waals surface area contributed by atoms with Gasteiger partial charge in [-0.1, -0.05) is 0 Å². The van der Waals surface area contributed by atoms with Gasteiger partial charge in [0.15, 0.2) is 5.84 Å². The minimum Gasteiger partial charge on any atom is -0.390 e. The van der Waals surface area contributed by atoms with Crippen LogP contribution in [0.1, 0.15) is 30.1 Å². The van der Waals surface area contributed by atoms with Crippen molar-refractivity contribution in [2.75, 3.05) is 13.1 Å². The van der Waals surface area contributed by atoms with Gasteiger partial charge in [0.2, 0.25) is 0 Å². The first-order valence-electron chi connectivity index (χ1n) is 6.19. The highest BCUT2D eigenvalue weighted by molar-refractivity contribution is 14.1. The lowest BCUT2D eigenvalue weighted by Crippen LogP contribution is -2.34. The van der Waals surface area contributed by atoms with Crippen LogP contribution in [0.4, 0.5) is 4.79 Å². The average Bonchev–Trinajstić information content (AvgIpc) is 2.81. The number of aliphatic imine (C=N–C) groups is 1. The summed E-state index contributed by atoms with van der Waals surface area (Å²) in [6.45, 7) is 1.55. The van der Waals surface area contributed by atoms with Crippen LogP contribution >= 0.6 is 38.5 Å². The molecule has 2 rings (SSSR count). The van der Waals surface area contributed by atoms with Gasteiger partial charge in [-0.25, -0.2) is 4.99 Å². The monoisotopic (exact) mass is 451 g/mol. The van der Waals surface area contributed by atoms with E-state index in [0.717, 1.165) is 42.4 Å². The molecule has 1 aliphatic rings. The maximum absolute atomic E-state index is 11.3. The number of nitrogens with one attached hydrogen (secondary N) is 2. The Hall–Kier alpha value is -0.900. The van der Waals surface area contributed by atoms with Gasteiger partial charge < -0.3 is 15.6 Å². The minimum atomic E-state index is 0.102. The smallest absolute Gasteiger partial charge is 0.283 e. The molecule has 0 bridgehead atoms. The van der Waals surface area contributed by atoms with E-state index in [1.54, 1.807) is 0 Å². The Morgan fingerprint density at radius 1 is 1.60 bits per heavy atom. The van der Waals surface area contributed by atoms with Crippen LogP contribution < -0.4 is 5.73 Å². The number of amides is 1. The summed E-state index contributed by atoms with van der Waals surface area (Å²) in [4.78, 5) is 20.2. The molecule has 0 unspecified atom stereocenters. The molecule has 4 N–H and O–H groups in total. The fourth-order valence-corrected chi connectivity index (χ4v) is 3.36. The van der Waals surface area contributed by atoms with Crippen molar-refractivity contribution in [1.82, 2.24) is 9.88 Å². The molecule has 0 saturated carbocycles. The highest BCUT2D eigenvalue weighted by atomic mass is 127. The number of likely N-dealkylation sites (tertiary alicyclic amines) is 1. The van der Waals surface area contributed by atoms with E-state index in [1.807, 2.05) is 33.6 Å². The third kappa shape index (κ3) is 3.40. The Balaban J connectivity index is 2.10. The van der Waals surface area contributed by atoms with Crippen molar-refractivity contribution >= 4 is 54.6 Å². The molecular weight excluding hydrogens is 437 g/mol. The molecule has 20 heavy (non-hydrogen) atoms. The maximum Gasteiger partial charge on any atom is 0.283 e. The molecular formula is C12H15BrIN5O. The number of hydrogen-bond acceptors (Lipinski definition) is 2. The van der Waals surface area contributed by atoms with Gasteiger partial charge >= 0.3 is 0 Å². The van der Waals surface area contributed by atoms with Crippen LogP contribution in [0.2, 0.25) is 0 Å². The van der Waals surface area contributed by atoms with Gasteiger partial charge in [-0.2, -0.15) is 0 Å². The van der Waals surface area contributed by atoms with Gasteiger partial charge in [-0.15, -0.1) is 0 Å². The summed E-state index contributed by atoms with van der Waals surface area (Å²) in [6, 6.07) is 1.99. The molecule has 0 radical (unpaired) electrons. The molecule has 1 fully saturated rings. The number of halogens is 2. The zero-order valence-electron chi connectivity index (χ0n) is 10.7. The van der Waals surface area contributed by atoms with E-state index in [9.17, 15) is 4.79 Å². The molecule has 2 heterocycles. The topological polar surface area (TPSA) is 98.3 Å². The van der Waals surface area contributed by atoms with Gasteiger partial charge in [-0.3, -0.25) is 10.2 Å². The molecule has 1 aromatic heterocycles. The average molecular weight is 452 g/mol. The number of aromatic nitrogens is 1. The van der Waals surface area contributed by atoms with Crippen LogP contribution in [0.15, 0.2) is 15.5 Å². The lowest BCUT2D eigenvalue weighted by Gasteiger charge is -2.30. The fourth-order valence-electron chi connectivity index (χ4n) is 2.35. The molecule has 0 aromatic carbocycles. The third-order valence-electron chi connectivity index (χ3n) is 3.41. The van der Waals surface area contributed by atoms with Crippen molar-refractivity contribution in [2.45, 2.75) is 18.8 Å². The van der Waals surface area contributed by atoms with Gasteiger partial charge in [0, 0.05) is 51.8 Å². The number of carbonyl (C=O) groups is 1. The summed E-state index contributed by atoms with van der Waals surface area (Å²) in [5.74, 6) is 0.479. The lowest BCUT2D eigenvalue weighted by molar-refractivity contribution is 0.208. The molecule has 0 spiro atoms. The lowest BCUT2D eigenvalue weighted by atomic mass is 9.94. The number of carbonyl (C=O) groups excluding carboxylic acids is 1. The van der Waals surface area contributed by atoms with Crippen molar-refractivity contribution in [3.63, 3.8) is 0 Å². The van der Waals surface area contributed by atoms with Crippen LogP contribution in [0.3, 0.4) is 0 Å². The van der Waals surface area contributed by atoms with E-state index in [-0.39, 0.29) is 9.75 Å². The zero-order chi connectivity index (χ0) is 14.7. The van der Waals surface area contributed by atoms with Crippen LogP contribution in [0, 0.1) is 5.41 Å². The summed E-state index contributed by atoms with van der Waals surface area (Å²) in [6.07, 6.45) is 2.96. The first kappa shape index (κ1) is 15.5. The van der Waals surface area contributed by atoms with Crippen molar-refractivity contribution in [3.05, 3.63) is 21.9 Å². The van der Waals surface area contributed by atoms with E-state index in [0.29, 0.717) is 11.6 Å². The molecule has 1 aliphatic heterocycles. The maximum atomic E-state index is 11.3. The van der Waals surface area contributed by atoms with E-state index < -0.39 is 0 Å². The Kier molecular flexibility index (Phi) is 5.19. The van der Waals surface area contributed by atoms with Crippen molar-refractivity contribution < 1.29 is 4.79 Å². The SMILES string of the molecule is N=C(N=CN)c1[nH]c(C2CCN(C(=O)I)CC2)cc1Br. The number of amidine groups is 1. The predicted octanol–water partition coefficient (Wildman–Crippen LogP) is 2.82. The summed E-state index contributed by atoms with van der Waals surface area (Å²) in [5.41, 5.74) is 6.92. The summed E-state index contributed by atoms with van der Waals surface area (Å²) < 4.78 is 0.920. The predicted molar refractivity (Wildman–Crippen MR) is 91.0 cm³/mol. The molecule has 108 valence electrons. The normalized spacial score (nSPS) is 16.8. The number of nitrogens with two attached hydrogens (primary N) is 1. The number of nitrogens with zero attached hydrogens (tertiary/aromatic N) is 2. The number of hydrogen-bond donors (Lipinski definition) is 3. The molecule has 1 saturated heterocycles. The summed E-state index contributed by atoms with van der Waals surface area (Å²) >= 11 is 5.26. The van der Waals surface area contributed by atoms with E-state index in [2.05, 4.69) is 25.9 Å². The molecule has 1 amide bonds. The van der Waals surface area contributed by atoms with Gasteiger partial charge in [-0.05, 0) is 34.8 Å². The second kappa shape index (κ2) is 6.70. The zero-order valence-corrected chi connectivity index (χ0v) is 14.4. The number of rotatable bonds is 2. The van der Waals surface area contributed by atoms with E-state index >= 15 is 0 Å². The first-order valence-corrected chi connectivity index (χ1v) is 8.06. The standard InChI is InChI=1S/C12H15BrIN5O/c13-8-5-9(18-10(8)11(16)17-6-15)7-1-3-19(4-2-7)12(14)20/h5-7,18H,1-4H2,(H3,15,16,17). The van der Waals surface area contributed by atoms with Crippen molar-refractivity contribution in [3.8, 4) is 0 Å². The van der Waals surface area contributed by atoms with E-state index in [1.165, 1.54) is 0 Å².